The van der Waals surface area contributed by atoms with Crippen LogP contribution in [0.5, 0.6) is 0 Å². The van der Waals surface area contributed by atoms with Crippen LogP contribution in [0.1, 0.15) is 39.5 Å². The summed E-state index contributed by atoms with van der Waals surface area (Å²) < 4.78 is 5.32. The summed E-state index contributed by atoms with van der Waals surface area (Å²) in [5.41, 5.74) is 0. The van der Waals surface area contributed by atoms with Gasteiger partial charge in [0.1, 0.15) is 0 Å². The SMILES string of the molecule is CCCCN(CCCC)C(CNC)COC. The first-order chi connectivity index (χ1) is 7.79. The average molecular weight is 230 g/mol. The molecule has 0 aliphatic carbocycles. The van der Waals surface area contributed by atoms with Crippen LogP contribution in [0, 0.1) is 0 Å². The number of nitrogens with one attached hydrogen (secondary N) is 1. The van der Waals surface area contributed by atoms with Crippen LogP contribution >= 0.6 is 0 Å². The summed E-state index contributed by atoms with van der Waals surface area (Å²) in [6.07, 6.45) is 5.10. The predicted molar refractivity (Wildman–Crippen MR) is 71.0 cm³/mol. The number of nitrogens with zero attached hydrogens (tertiary/aromatic N) is 1. The summed E-state index contributed by atoms with van der Waals surface area (Å²) in [4.78, 5) is 2.58. The Balaban J connectivity index is 4.15. The van der Waals surface area contributed by atoms with E-state index in [1.807, 2.05) is 7.05 Å². The van der Waals surface area contributed by atoms with E-state index >= 15 is 0 Å². The van der Waals surface area contributed by atoms with Crippen LogP contribution in [-0.4, -0.2) is 51.3 Å². The molecule has 0 saturated heterocycles. The van der Waals surface area contributed by atoms with Crippen molar-refractivity contribution in [3.05, 3.63) is 0 Å². The van der Waals surface area contributed by atoms with Crippen molar-refractivity contribution in [1.29, 1.82) is 0 Å². The van der Waals surface area contributed by atoms with Gasteiger partial charge in [0.25, 0.3) is 0 Å². The third-order valence-electron chi connectivity index (χ3n) is 2.91. The van der Waals surface area contributed by atoms with Crippen molar-refractivity contribution in [3.63, 3.8) is 0 Å². The molecule has 0 aromatic carbocycles. The summed E-state index contributed by atoms with van der Waals surface area (Å²) in [6.45, 7) is 8.75. The number of hydrogen-bond donors (Lipinski definition) is 1. The molecule has 1 unspecified atom stereocenters. The van der Waals surface area contributed by atoms with Crippen LogP contribution < -0.4 is 5.32 Å². The molecule has 98 valence electrons. The lowest BCUT2D eigenvalue weighted by Crippen LogP contribution is -2.45. The molecular weight excluding hydrogens is 200 g/mol. The smallest absolute Gasteiger partial charge is 0.0630 e. The molecule has 1 N–H and O–H groups in total. The fourth-order valence-corrected chi connectivity index (χ4v) is 1.92. The van der Waals surface area contributed by atoms with Crippen LogP contribution in [0.2, 0.25) is 0 Å². The highest BCUT2D eigenvalue weighted by molar-refractivity contribution is 4.73. The number of rotatable bonds is 11. The highest BCUT2D eigenvalue weighted by Gasteiger charge is 2.16. The molecule has 0 aliphatic rings. The Bertz CT molecular complexity index is 128. The maximum atomic E-state index is 5.32. The Hall–Kier alpha value is -0.120. The van der Waals surface area contributed by atoms with E-state index in [4.69, 9.17) is 4.74 Å². The van der Waals surface area contributed by atoms with Crippen molar-refractivity contribution in [2.24, 2.45) is 0 Å². The fourth-order valence-electron chi connectivity index (χ4n) is 1.92. The molecule has 0 fully saturated rings. The molecule has 0 heterocycles. The Morgan fingerprint density at radius 1 is 1.12 bits per heavy atom. The normalized spacial score (nSPS) is 13.3. The standard InChI is InChI=1S/C13H30N2O/c1-5-7-9-15(10-8-6-2)13(11-14-3)12-16-4/h13-14H,5-12H2,1-4H3. The molecule has 3 heteroatoms. The molecular formula is C13H30N2O. The van der Waals surface area contributed by atoms with Crippen LogP contribution in [0.3, 0.4) is 0 Å². The molecule has 0 aromatic heterocycles. The van der Waals surface area contributed by atoms with Gasteiger partial charge in [-0.2, -0.15) is 0 Å². The zero-order valence-electron chi connectivity index (χ0n) is 11.6. The second-order valence-electron chi connectivity index (χ2n) is 4.41. The van der Waals surface area contributed by atoms with Gasteiger partial charge in [0.2, 0.25) is 0 Å². The average Bonchev–Trinajstić information content (AvgIpc) is 2.29. The van der Waals surface area contributed by atoms with E-state index in [9.17, 15) is 0 Å². The van der Waals surface area contributed by atoms with Gasteiger partial charge in [-0.15, -0.1) is 0 Å². The topological polar surface area (TPSA) is 24.5 Å². The van der Waals surface area contributed by atoms with Crippen LogP contribution in [-0.2, 0) is 4.74 Å². The predicted octanol–water partition coefficient (Wildman–Crippen LogP) is 2.12. The highest BCUT2D eigenvalue weighted by atomic mass is 16.5. The molecule has 1 atom stereocenters. The summed E-state index contributed by atoms with van der Waals surface area (Å²) in [7, 11) is 3.81. The van der Waals surface area contributed by atoms with Gasteiger partial charge in [-0.1, -0.05) is 26.7 Å². The van der Waals surface area contributed by atoms with Crippen LogP contribution in [0.4, 0.5) is 0 Å². The van der Waals surface area contributed by atoms with Gasteiger partial charge >= 0.3 is 0 Å². The number of methoxy groups -OCH3 is 1. The zero-order chi connectivity index (χ0) is 12.2. The second-order valence-corrected chi connectivity index (χ2v) is 4.41. The van der Waals surface area contributed by atoms with Gasteiger partial charge in [-0.05, 0) is 33.0 Å². The maximum Gasteiger partial charge on any atom is 0.0630 e. The van der Waals surface area contributed by atoms with Gasteiger partial charge in [-0.25, -0.2) is 0 Å². The Labute approximate surface area is 102 Å². The van der Waals surface area contributed by atoms with E-state index in [1.165, 1.54) is 38.8 Å². The molecule has 0 aromatic rings. The second kappa shape index (κ2) is 11.4. The van der Waals surface area contributed by atoms with E-state index < -0.39 is 0 Å². The summed E-state index contributed by atoms with van der Waals surface area (Å²) in [5.74, 6) is 0. The van der Waals surface area contributed by atoms with E-state index in [2.05, 4.69) is 24.1 Å². The molecule has 0 saturated carbocycles. The van der Waals surface area contributed by atoms with Crippen LogP contribution in [0.25, 0.3) is 0 Å². The number of hydrogen-bond acceptors (Lipinski definition) is 3. The van der Waals surface area contributed by atoms with Crippen molar-refractivity contribution in [2.45, 2.75) is 45.6 Å². The summed E-state index contributed by atoms with van der Waals surface area (Å²) in [6, 6.07) is 0.521. The first-order valence-corrected chi connectivity index (χ1v) is 6.67. The lowest BCUT2D eigenvalue weighted by Gasteiger charge is -2.31. The van der Waals surface area contributed by atoms with Gasteiger partial charge in [0.15, 0.2) is 0 Å². The Kier molecular flexibility index (Phi) is 11.3. The van der Waals surface area contributed by atoms with Crippen molar-refractivity contribution in [3.8, 4) is 0 Å². The van der Waals surface area contributed by atoms with Gasteiger partial charge in [0.05, 0.1) is 6.61 Å². The lowest BCUT2D eigenvalue weighted by molar-refractivity contribution is 0.0879. The zero-order valence-corrected chi connectivity index (χ0v) is 11.6. The third-order valence-corrected chi connectivity index (χ3v) is 2.91. The molecule has 0 amide bonds. The molecule has 0 radical (unpaired) electrons. The quantitative estimate of drug-likeness (QED) is 0.588. The fraction of sp³-hybridized carbons (Fsp3) is 1.00. The van der Waals surface area contributed by atoms with Crippen molar-refractivity contribution >= 4 is 0 Å². The van der Waals surface area contributed by atoms with E-state index in [0.717, 1.165) is 13.2 Å². The monoisotopic (exact) mass is 230 g/mol. The maximum absolute atomic E-state index is 5.32. The minimum absolute atomic E-state index is 0.521. The molecule has 0 spiro atoms. The summed E-state index contributed by atoms with van der Waals surface area (Å²) in [5, 5.41) is 3.26. The van der Waals surface area contributed by atoms with Crippen LogP contribution in [0.15, 0.2) is 0 Å². The van der Waals surface area contributed by atoms with Gasteiger partial charge < -0.3 is 10.1 Å². The molecule has 0 aliphatic heterocycles. The molecule has 0 rings (SSSR count). The van der Waals surface area contributed by atoms with Gasteiger partial charge in [-0.3, -0.25) is 4.90 Å². The minimum Gasteiger partial charge on any atom is -0.383 e. The molecule has 16 heavy (non-hydrogen) atoms. The lowest BCUT2D eigenvalue weighted by atomic mass is 10.2. The first kappa shape index (κ1) is 15.9. The highest BCUT2D eigenvalue weighted by Crippen LogP contribution is 2.05. The van der Waals surface area contributed by atoms with E-state index in [1.54, 1.807) is 7.11 Å². The van der Waals surface area contributed by atoms with E-state index in [0.29, 0.717) is 6.04 Å². The Morgan fingerprint density at radius 2 is 1.69 bits per heavy atom. The van der Waals surface area contributed by atoms with Gasteiger partial charge in [0, 0.05) is 19.7 Å². The first-order valence-electron chi connectivity index (χ1n) is 6.67. The minimum atomic E-state index is 0.521. The number of likely N-dealkylation sites (N-methyl/N-ethyl adjacent to an activating group) is 1. The number of unbranched alkanes of at least 4 members (excludes halogenated alkanes) is 2. The number of ether oxygens (including phenoxy) is 1. The largest absolute Gasteiger partial charge is 0.383 e. The van der Waals surface area contributed by atoms with Crippen molar-refractivity contribution in [2.75, 3.05) is 40.4 Å². The summed E-state index contributed by atoms with van der Waals surface area (Å²) >= 11 is 0. The van der Waals surface area contributed by atoms with Crippen molar-refractivity contribution < 1.29 is 4.74 Å². The molecule has 3 nitrogen and oxygen atoms in total. The Morgan fingerprint density at radius 3 is 2.06 bits per heavy atom. The van der Waals surface area contributed by atoms with Crippen molar-refractivity contribution in [1.82, 2.24) is 10.2 Å². The van der Waals surface area contributed by atoms with E-state index in [-0.39, 0.29) is 0 Å². The molecule has 0 bridgehead atoms. The third kappa shape index (κ3) is 7.20.